The van der Waals surface area contributed by atoms with Crippen LogP contribution in [-0.4, -0.2) is 16.0 Å². The van der Waals surface area contributed by atoms with Gasteiger partial charge >= 0.3 is 0 Å². The predicted octanol–water partition coefficient (Wildman–Crippen LogP) is 3.42. The van der Waals surface area contributed by atoms with Gasteiger partial charge in [0.25, 0.3) is 0 Å². The van der Waals surface area contributed by atoms with Gasteiger partial charge in [0.15, 0.2) is 0 Å². The first-order valence-electron chi connectivity index (χ1n) is 6.48. The number of hydrogen-bond acceptors (Lipinski definition) is 3. The second-order valence-electron chi connectivity index (χ2n) is 5.19. The van der Waals surface area contributed by atoms with Gasteiger partial charge in [0, 0.05) is 28.2 Å². The number of halogens is 1. The monoisotopic (exact) mass is 317 g/mol. The molecule has 3 rings (SSSR count). The zero-order valence-electron chi connectivity index (χ0n) is 10.8. The quantitative estimate of drug-likeness (QED) is 0.923. The summed E-state index contributed by atoms with van der Waals surface area (Å²) in [6.07, 6.45) is 3.85. The fraction of sp³-hybridized carbons (Fsp3) is 0.333. The number of hydrogen-bond donors (Lipinski definition) is 1. The van der Waals surface area contributed by atoms with E-state index in [9.17, 15) is 0 Å². The van der Waals surface area contributed by atoms with Crippen LogP contribution in [0.2, 0.25) is 0 Å². The highest BCUT2D eigenvalue weighted by molar-refractivity contribution is 9.10. The summed E-state index contributed by atoms with van der Waals surface area (Å²) >= 11 is 3.51. The van der Waals surface area contributed by atoms with E-state index in [1.54, 1.807) is 0 Å². The van der Waals surface area contributed by atoms with Crippen LogP contribution in [0.4, 0.5) is 0 Å². The Bertz CT molecular complexity index is 606. The van der Waals surface area contributed by atoms with Gasteiger partial charge in [-0.25, -0.2) is 9.97 Å². The van der Waals surface area contributed by atoms with Crippen LogP contribution in [0.1, 0.15) is 30.1 Å². The normalized spacial score (nSPS) is 22.1. The standard InChI is InChI=1S/C15H16BrN3/c1-9-2-3-11(16)8-13(9)14-4-5-18-15(19-14)10-6-12(17)7-10/h2-5,8,10,12H,6-7,17H2,1H3. The smallest absolute Gasteiger partial charge is 0.132 e. The van der Waals surface area contributed by atoms with Crippen molar-refractivity contribution in [3.8, 4) is 11.3 Å². The summed E-state index contributed by atoms with van der Waals surface area (Å²) in [5.41, 5.74) is 9.20. The first kappa shape index (κ1) is 12.8. The zero-order valence-corrected chi connectivity index (χ0v) is 12.4. The molecular weight excluding hydrogens is 302 g/mol. The minimum Gasteiger partial charge on any atom is -0.328 e. The summed E-state index contributed by atoms with van der Waals surface area (Å²) < 4.78 is 1.07. The van der Waals surface area contributed by atoms with E-state index in [2.05, 4.69) is 40.0 Å². The van der Waals surface area contributed by atoms with Crippen molar-refractivity contribution in [2.75, 3.05) is 0 Å². The third-order valence-electron chi connectivity index (χ3n) is 3.69. The third-order valence-corrected chi connectivity index (χ3v) is 4.18. The number of rotatable bonds is 2. The minimum absolute atomic E-state index is 0.324. The fourth-order valence-corrected chi connectivity index (χ4v) is 2.82. The van der Waals surface area contributed by atoms with Gasteiger partial charge in [0.1, 0.15) is 5.82 Å². The van der Waals surface area contributed by atoms with E-state index in [-0.39, 0.29) is 0 Å². The number of nitrogens with zero attached hydrogens (tertiary/aromatic N) is 2. The second kappa shape index (κ2) is 5.02. The fourth-order valence-electron chi connectivity index (χ4n) is 2.46. The molecule has 0 bridgehead atoms. The van der Waals surface area contributed by atoms with Crippen molar-refractivity contribution in [3.63, 3.8) is 0 Å². The lowest BCUT2D eigenvalue weighted by Gasteiger charge is -2.31. The molecule has 1 aliphatic carbocycles. The van der Waals surface area contributed by atoms with Crippen molar-refractivity contribution in [1.29, 1.82) is 0 Å². The maximum atomic E-state index is 5.84. The van der Waals surface area contributed by atoms with Crippen LogP contribution in [0.5, 0.6) is 0 Å². The van der Waals surface area contributed by atoms with Crippen molar-refractivity contribution in [2.24, 2.45) is 5.73 Å². The molecule has 2 N–H and O–H groups in total. The van der Waals surface area contributed by atoms with E-state index in [0.717, 1.165) is 34.4 Å². The van der Waals surface area contributed by atoms with Crippen molar-refractivity contribution < 1.29 is 0 Å². The lowest BCUT2D eigenvalue weighted by Crippen LogP contribution is -2.35. The van der Waals surface area contributed by atoms with Gasteiger partial charge in [-0.3, -0.25) is 0 Å². The molecule has 19 heavy (non-hydrogen) atoms. The summed E-state index contributed by atoms with van der Waals surface area (Å²) in [6, 6.07) is 8.54. The Morgan fingerprint density at radius 3 is 2.79 bits per heavy atom. The molecule has 0 spiro atoms. The molecule has 1 aromatic heterocycles. The summed E-state index contributed by atoms with van der Waals surface area (Å²) in [5, 5.41) is 0. The van der Waals surface area contributed by atoms with Crippen LogP contribution in [0, 0.1) is 6.92 Å². The number of aromatic nitrogens is 2. The molecule has 1 heterocycles. The minimum atomic E-state index is 0.324. The molecule has 2 aromatic rings. The molecule has 1 aromatic carbocycles. The van der Waals surface area contributed by atoms with Crippen LogP contribution in [-0.2, 0) is 0 Å². The first-order valence-corrected chi connectivity index (χ1v) is 7.28. The van der Waals surface area contributed by atoms with Crippen molar-refractivity contribution in [2.45, 2.75) is 31.7 Å². The molecule has 1 saturated carbocycles. The van der Waals surface area contributed by atoms with Gasteiger partial charge in [-0.1, -0.05) is 22.0 Å². The summed E-state index contributed by atoms with van der Waals surface area (Å²) in [4.78, 5) is 9.11. The Balaban J connectivity index is 1.96. The van der Waals surface area contributed by atoms with Crippen molar-refractivity contribution in [3.05, 3.63) is 46.3 Å². The van der Waals surface area contributed by atoms with Gasteiger partial charge in [0.2, 0.25) is 0 Å². The van der Waals surface area contributed by atoms with Crippen molar-refractivity contribution >= 4 is 15.9 Å². The van der Waals surface area contributed by atoms with Crippen LogP contribution in [0.3, 0.4) is 0 Å². The SMILES string of the molecule is Cc1ccc(Br)cc1-c1ccnc(C2CC(N)C2)n1. The molecule has 4 heteroatoms. The first-order chi connectivity index (χ1) is 9.13. The molecule has 0 unspecified atom stereocenters. The average Bonchev–Trinajstić information content (AvgIpc) is 2.38. The maximum Gasteiger partial charge on any atom is 0.132 e. The Kier molecular flexibility index (Phi) is 3.37. The van der Waals surface area contributed by atoms with Crippen LogP contribution in [0.25, 0.3) is 11.3 Å². The largest absolute Gasteiger partial charge is 0.328 e. The van der Waals surface area contributed by atoms with Crippen molar-refractivity contribution in [1.82, 2.24) is 9.97 Å². The van der Waals surface area contributed by atoms with E-state index < -0.39 is 0 Å². The van der Waals surface area contributed by atoms with Gasteiger partial charge in [0.05, 0.1) is 5.69 Å². The lowest BCUT2D eigenvalue weighted by molar-refractivity contribution is 0.338. The highest BCUT2D eigenvalue weighted by atomic mass is 79.9. The molecule has 0 aliphatic heterocycles. The van der Waals surface area contributed by atoms with Gasteiger partial charge in [-0.15, -0.1) is 0 Å². The molecule has 0 amide bonds. The molecule has 1 aliphatic rings. The van der Waals surface area contributed by atoms with E-state index >= 15 is 0 Å². The molecular formula is C15H16BrN3. The topological polar surface area (TPSA) is 51.8 Å². The van der Waals surface area contributed by atoms with Gasteiger partial charge in [-0.2, -0.15) is 0 Å². The Hall–Kier alpha value is -1.26. The zero-order chi connectivity index (χ0) is 13.4. The number of nitrogens with two attached hydrogens (primary N) is 1. The third kappa shape index (κ3) is 2.55. The van der Waals surface area contributed by atoms with Gasteiger partial charge in [-0.05, 0) is 43.5 Å². The predicted molar refractivity (Wildman–Crippen MR) is 79.9 cm³/mol. The van der Waals surface area contributed by atoms with E-state index in [4.69, 9.17) is 10.7 Å². The Morgan fingerprint density at radius 2 is 2.05 bits per heavy atom. The Morgan fingerprint density at radius 1 is 1.26 bits per heavy atom. The summed E-state index contributed by atoms with van der Waals surface area (Å²) in [5.74, 6) is 1.36. The number of benzene rings is 1. The van der Waals surface area contributed by atoms with Gasteiger partial charge < -0.3 is 5.73 Å². The van der Waals surface area contributed by atoms with Crippen LogP contribution >= 0.6 is 15.9 Å². The summed E-state index contributed by atoms with van der Waals surface area (Å²) in [6.45, 7) is 2.10. The van der Waals surface area contributed by atoms with Crippen LogP contribution in [0.15, 0.2) is 34.9 Å². The van der Waals surface area contributed by atoms with Crippen LogP contribution < -0.4 is 5.73 Å². The Labute approximate surface area is 121 Å². The lowest BCUT2D eigenvalue weighted by atomic mass is 9.80. The molecule has 98 valence electrons. The number of aryl methyl sites for hydroxylation is 1. The van der Waals surface area contributed by atoms with E-state index in [0.29, 0.717) is 12.0 Å². The molecule has 0 radical (unpaired) electrons. The second-order valence-corrected chi connectivity index (χ2v) is 6.10. The molecule has 0 saturated heterocycles. The van der Waals surface area contributed by atoms with E-state index in [1.807, 2.05) is 18.3 Å². The molecule has 3 nitrogen and oxygen atoms in total. The highest BCUT2D eigenvalue weighted by Gasteiger charge is 2.29. The molecule has 0 atom stereocenters. The molecule has 1 fully saturated rings. The maximum absolute atomic E-state index is 5.84. The summed E-state index contributed by atoms with van der Waals surface area (Å²) in [7, 11) is 0. The average molecular weight is 318 g/mol. The highest BCUT2D eigenvalue weighted by Crippen LogP contribution is 2.34. The van der Waals surface area contributed by atoms with E-state index in [1.165, 1.54) is 5.56 Å².